The first kappa shape index (κ1) is 10.1. The summed E-state index contributed by atoms with van der Waals surface area (Å²) in [6, 6.07) is -0.561. The van der Waals surface area contributed by atoms with Crippen LogP contribution in [0.4, 0.5) is 4.79 Å². The predicted octanol–water partition coefficient (Wildman–Crippen LogP) is 0.788. The number of urea groups is 1. The third kappa shape index (κ3) is 1.33. The van der Waals surface area contributed by atoms with Crippen molar-refractivity contribution in [2.75, 3.05) is 0 Å². The van der Waals surface area contributed by atoms with Crippen molar-refractivity contribution in [1.29, 1.82) is 0 Å². The zero-order valence-corrected chi connectivity index (χ0v) is 8.71. The topological polar surface area (TPSA) is 66.5 Å². The van der Waals surface area contributed by atoms with E-state index in [1.165, 1.54) is 6.92 Å². The van der Waals surface area contributed by atoms with Gasteiger partial charge < -0.3 is 0 Å². The van der Waals surface area contributed by atoms with Crippen LogP contribution in [0.25, 0.3) is 0 Å². The molecule has 1 heterocycles. The molecule has 2 rings (SSSR count). The fourth-order valence-corrected chi connectivity index (χ4v) is 2.60. The van der Waals surface area contributed by atoms with Gasteiger partial charge in [0.15, 0.2) is 0 Å². The number of carbonyl (C=O) groups excluding carboxylic acids is 3. The highest BCUT2D eigenvalue weighted by molar-refractivity contribution is 6.13. The number of imide groups is 2. The van der Waals surface area contributed by atoms with Crippen molar-refractivity contribution in [1.82, 2.24) is 10.2 Å². The van der Waals surface area contributed by atoms with Crippen LogP contribution in [0.1, 0.15) is 39.0 Å². The molecule has 0 aromatic rings. The molecule has 0 atom stereocenters. The highest BCUT2D eigenvalue weighted by Gasteiger charge is 2.54. The van der Waals surface area contributed by atoms with Gasteiger partial charge in [-0.25, -0.2) is 9.69 Å². The molecule has 15 heavy (non-hydrogen) atoms. The minimum atomic E-state index is -0.874. The van der Waals surface area contributed by atoms with Crippen LogP contribution in [-0.2, 0) is 9.59 Å². The molecule has 4 amide bonds. The zero-order valence-electron chi connectivity index (χ0n) is 8.71. The van der Waals surface area contributed by atoms with Crippen molar-refractivity contribution in [2.45, 2.75) is 44.6 Å². The van der Waals surface area contributed by atoms with E-state index in [4.69, 9.17) is 0 Å². The minimum Gasteiger partial charge on any atom is -0.275 e. The Morgan fingerprint density at radius 3 is 2.40 bits per heavy atom. The number of rotatable bonds is 0. The van der Waals surface area contributed by atoms with E-state index in [0.717, 1.165) is 24.2 Å². The van der Waals surface area contributed by atoms with E-state index in [-0.39, 0.29) is 11.8 Å². The monoisotopic (exact) mass is 210 g/mol. The Morgan fingerprint density at radius 1 is 1.27 bits per heavy atom. The van der Waals surface area contributed by atoms with Gasteiger partial charge in [0.05, 0.1) is 0 Å². The predicted molar refractivity (Wildman–Crippen MR) is 51.9 cm³/mol. The molecule has 5 nitrogen and oxygen atoms in total. The van der Waals surface area contributed by atoms with Crippen molar-refractivity contribution in [2.24, 2.45) is 0 Å². The van der Waals surface area contributed by atoms with Crippen molar-refractivity contribution in [3.8, 4) is 0 Å². The summed E-state index contributed by atoms with van der Waals surface area (Å²) in [7, 11) is 0. The second-order valence-corrected chi connectivity index (χ2v) is 4.21. The maximum absolute atomic E-state index is 11.8. The first-order valence-corrected chi connectivity index (χ1v) is 5.24. The fraction of sp³-hybridized carbons (Fsp3) is 0.700. The van der Waals surface area contributed by atoms with Gasteiger partial charge in [0.1, 0.15) is 5.54 Å². The van der Waals surface area contributed by atoms with E-state index in [1.807, 2.05) is 0 Å². The van der Waals surface area contributed by atoms with E-state index >= 15 is 0 Å². The lowest BCUT2D eigenvalue weighted by molar-refractivity contribution is -0.138. The van der Waals surface area contributed by atoms with E-state index in [2.05, 4.69) is 5.32 Å². The standard InChI is InChI=1S/C10H14N2O3/c1-7(13)12-9(15)11-8(14)10(12)5-3-2-4-6-10/h2-6H2,1H3,(H,11,14,15). The summed E-state index contributed by atoms with van der Waals surface area (Å²) < 4.78 is 0. The fourth-order valence-electron chi connectivity index (χ4n) is 2.60. The van der Waals surface area contributed by atoms with Gasteiger partial charge in [0, 0.05) is 6.92 Å². The summed E-state index contributed by atoms with van der Waals surface area (Å²) in [5, 5.41) is 2.24. The third-order valence-corrected chi connectivity index (χ3v) is 3.27. The van der Waals surface area contributed by atoms with Crippen LogP contribution in [0, 0.1) is 0 Å². The maximum Gasteiger partial charge on any atom is 0.331 e. The van der Waals surface area contributed by atoms with Crippen LogP contribution in [0.3, 0.4) is 0 Å². The summed E-state index contributed by atoms with van der Waals surface area (Å²) in [5.41, 5.74) is -0.874. The Kier molecular flexibility index (Phi) is 2.25. The molecule has 1 N–H and O–H groups in total. The smallest absolute Gasteiger partial charge is 0.275 e. The van der Waals surface area contributed by atoms with Crippen LogP contribution in [0.15, 0.2) is 0 Å². The molecular formula is C10H14N2O3. The van der Waals surface area contributed by atoms with E-state index < -0.39 is 11.6 Å². The molecule has 5 heteroatoms. The Labute approximate surface area is 87.8 Å². The molecule has 2 aliphatic rings. The molecule has 1 saturated carbocycles. The molecule has 0 radical (unpaired) electrons. The van der Waals surface area contributed by atoms with Crippen molar-refractivity contribution >= 4 is 17.8 Å². The molecule has 0 bridgehead atoms. The summed E-state index contributed by atoms with van der Waals surface area (Å²) in [6.45, 7) is 1.33. The Bertz CT molecular complexity index is 332. The van der Waals surface area contributed by atoms with E-state index in [0.29, 0.717) is 12.8 Å². The van der Waals surface area contributed by atoms with Crippen LogP contribution in [0.2, 0.25) is 0 Å². The van der Waals surface area contributed by atoms with Crippen molar-refractivity contribution in [3.63, 3.8) is 0 Å². The van der Waals surface area contributed by atoms with Crippen LogP contribution < -0.4 is 5.32 Å². The maximum atomic E-state index is 11.8. The van der Waals surface area contributed by atoms with Crippen molar-refractivity contribution < 1.29 is 14.4 Å². The molecule has 2 fully saturated rings. The highest BCUT2D eigenvalue weighted by atomic mass is 16.2. The molecule has 82 valence electrons. The lowest BCUT2D eigenvalue weighted by Gasteiger charge is -2.36. The second kappa shape index (κ2) is 3.32. The first-order valence-electron chi connectivity index (χ1n) is 5.24. The number of nitrogens with one attached hydrogen (secondary N) is 1. The summed E-state index contributed by atoms with van der Waals surface area (Å²) in [6.07, 6.45) is 4.05. The molecule has 0 aromatic carbocycles. The Balaban J connectivity index is 2.37. The van der Waals surface area contributed by atoms with Crippen LogP contribution >= 0.6 is 0 Å². The zero-order chi connectivity index (χ0) is 11.1. The molecule has 0 aromatic heterocycles. The average Bonchev–Trinajstić information content (AvgIpc) is 2.39. The van der Waals surface area contributed by atoms with Crippen LogP contribution in [0.5, 0.6) is 0 Å². The lowest BCUT2D eigenvalue weighted by atomic mass is 9.80. The third-order valence-electron chi connectivity index (χ3n) is 3.27. The number of hydrogen-bond acceptors (Lipinski definition) is 3. The van der Waals surface area contributed by atoms with Gasteiger partial charge in [0.25, 0.3) is 5.91 Å². The van der Waals surface area contributed by atoms with E-state index in [1.54, 1.807) is 0 Å². The van der Waals surface area contributed by atoms with Gasteiger partial charge in [-0.15, -0.1) is 0 Å². The second-order valence-electron chi connectivity index (χ2n) is 4.21. The molecule has 1 aliphatic heterocycles. The molecule has 1 spiro atoms. The summed E-state index contributed by atoms with van der Waals surface area (Å²) >= 11 is 0. The molecule has 1 saturated heterocycles. The van der Waals surface area contributed by atoms with Gasteiger partial charge in [-0.05, 0) is 12.8 Å². The van der Waals surface area contributed by atoms with Gasteiger partial charge in [-0.3, -0.25) is 14.9 Å². The van der Waals surface area contributed by atoms with Crippen molar-refractivity contribution in [3.05, 3.63) is 0 Å². The Hall–Kier alpha value is -1.39. The quantitative estimate of drug-likeness (QED) is 0.601. The summed E-state index contributed by atoms with van der Waals surface area (Å²) in [4.78, 5) is 35.7. The van der Waals surface area contributed by atoms with Gasteiger partial charge in [-0.1, -0.05) is 19.3 Å². The Morgan fingerprint density at radius 2 is 1.87 bits per heavy atom. The largest absolute Gasteiger partial charge is 0.331 e. The van der Waals surface area contributed by atoms with E-state index in [9.17, 15) is 14.4 Å². The lowest BCUT2D eigenvalue weighted by Crippen LogP contribution is -2.52. The number of nitrogens with zero attached hydrogens (tertiary/aromatic N) is 1. The number of amides is 4. The average molecular weight is 210 g/mol. The van der Waals surface area contributed by atoms with Gasteiger partial charge in [0.2, 0.25) is 5.91 Å². The SMILES string of the molecule is CC(=O)N1C(=O)NC(=O)C12CCCCC2. The molecular weight excluding hydrogens is 196 g/mol. The van der Waals surface area contributed by atoms with Crippen LogP contribution in [-0.4, -0.2) is 28.3 Å². The minimum absolute atomic E-state index is 0.303. The molecule has 1 aliphatic carbocycles. The summed E-state index contributed by atoms with van der Waals surface area (Å²) in [5.74, 6) is -0.650. The number of hydrogen-bond donors (Lipinski definition) is 1. The molecule has 0 unspecified atom stereocenters. The first-order chi connectivity index (χ1) is 7.08. The highest BCUT2D eigenvalue weighted by Crippen LogP contribution is 2.36. The normalized spacial score (nSPS) is 24.5. The van der Waals surface area contributed by atoms with Gasteiger partial charge in [-0.2, -0.15) is 0 Å². The van der Waals surface area contributed by atoms with Gasteiger partial charge >= 0.3 is 6.03 Å². The number of carbonyl (C=O) groups is 3.